The highest BCUT2D eigenvalue weighted by Crippen LogP contribution is 2.23. The molecule has 0 spiro atoms. The van der Waals surface area contributed by atoms with Gasteiger partial charge in [-0.3, -0.25) is 0 Å². The van der Waals surface area contributed by atoms with Gasteiger partial charge in [-0.05, 0) is 11.0 Å². The van der Waals surface area contributed by atoms with Crippen LogP contribution in [-0.2, 0) is 5.41 Å². The Balaban J connectivity index is 3.18. The first-order chi connectivity index (χ1) is 5.39. The van der Waals surface area contributed by atoms with Crippen molar-refractivity contribution in [2.24, 2.45) is 0 Å². The SMILES string of the molecule is Cc1cc(C(C)(C)C)cc(C)[o+]1. The van der Waals surface area contributed by atoms with E-state index < -0.39 is 0 Å². The molecule has 1 heteroatoms. The van der Waals surface area contributed by atoms with E-state index in [0.717, 1.165) is 11.5 Å². The molecule has 1 heterocycles. The van der Waals surface area contributed by atoms with E-state index in [-0.39, 0.29) is 5.41 Å². The van der Waals surface area contributed by atoms with E-state index in [1.54, 1.807) is 0 Å². The summed E-state index contributed by atoms with van der Waals surface area (Å²) in [5.41, 5.74) is 1.55. The van der Waals surface area contributed by atoms with Crippen LogP contribution in [0, 0.1) is 13.8 Å². The van der Waals surface area contributed by atoms with Crippen LogP contribution >= 0.6 is 0 Å². The van der Waals surface area contributed by atoms with E-state index in [1.165, 1.54) is 5.56 Å². The quantitative estimate of drug-likeness (QED) is 0.536. The first-order valence-electron chi connectivity index (χ1n) is 4.31. The Labute approximate surface area is 74.4 Å². The van der Waals surface area contributed by atoms with Gasteiger partial charge in [0.05, 0.1) is 13.8 Å². The van der Waals surface area contributed by atoms with Crippen LogP contribution < -0.4 is 0 Å². The highest BCUT2D eigenvalue weighted by molar-refractivity contribution is 5.24. The van der Waals surface area contributed by atoms with Crippen LogP contribution in [0.1, 0.15) is 37.9 Å². The van der Waals surface area contributed by atoms with Crippen LogP contribution in [0.3, 0.4) is 0 Å². The van der Waals surface area contributed by atoms with Crippen LogP contribution in [0.25, 0.3) is 0 Å². The maximum absolute atomic E-state index is 5.41. The number of rotatable bonds is 0. The Hall–Kier alpha value is -0.850. The lowest BCUT2D eigenvalue weighted by atomic mass is 9.87. The number of hydrogen-bond acceptors (Lipinski definition) is 0. The van der Waals surface area contributed by atoms with E-state index in [1.807, 2.05) is 13.8 Å². The van der Waals surface area contributed by atoms with Crippen LogP contribution in [-0.4, -0.2) is 0 Å². The predicted molar refractivity (Wildman–Crippen MR) is 51.3 cm³/mol. The van der Waals surface area contributed by atoms with Gasteiger partial charge in [-0.15, -0.1) is 0 Å². The zero-order chi connectivity index (χ0) is 9.35. The summed E-state index contributed by atoms with van der Waals surface area (Å²) in [4.78, 5) is 0. The molecule has 0 aliphatic carbocycles. The fourth-order valence-electron chi connectivity index (χ4n) is 1.23. The molecule has 12 heavy (non-hydrogen) atoms. The summed E-state index contributed by atoms with van der Waals surface area (Å²) < 4.78 is 5.41. The van der Waals surface area contributed by atoms with Crippen molar-refractivity contribution in [2.75, 3.05) is 0 Å². The molecule has 0 amide bonds. The topological polar surface area (TPSA) is 11.3 Å². The third kappa shape index (κ3) is 2.07. The monoisotopic (exact) mass is 165 g/mol. The normalized spacial score (nSPS) is 11.8. The zero-order valence-corrected chi connectivity index (χ0v) is 8.56. The third-order valence-corrected chi connectivity index (χ3v) is 1.91. The molecule has 1 nitrogen and oxygen atoms in total. The van der Waals surface area contributed by atoms with Crippen molar-refractivity contribution in [3.8, 4) is 0 Å². The van der Waals surface area contributed by atoms with Crippen molar-refractivity contribution >= 4 is 0 Å². The van der Waals surface area contributed by atoms with Crippen molar-refractivity contribution in [1.82, 2.24) is 0 Å². The van der Waals surface area contributed by atoms with Gasteiger partial charge in [0.1, 0.15) is 0 Å². The van der Waals surface area contributed by atoms with Gasteiger partial charge in [-0.2, -0.15) is 0 Å². The van der Waals surface area contributed by atoms with Crippen molar-refractivity contribution in [3.63, 3.8) is 0 Å². The molecule has 0 fully saturated rings. The summed E-state index contributed by atoms with van der Waals surface area (Å²) in [5.74, 6) is 1.97. The summed E-state index contributed by atoms with van der Waals surface area (Å²) in [7, 11) is 0. The van der Waals surface area contributed by atoms with Crippen LogP contribution in [0.15, 0.2) is 16.5 Å². The Morgan fingerprint density at radius 3 is 1.75 bits per heavy atom. The maximum atomic E-state index is 5.41. The molecule has 0 bridgehead atoms. The Morgan fingerprint density at radius 2 is 1.42 bits per heavy atom. The molecule has 0 aliphatic rings. The molecular weight excluding hydrogens is 148 g/mol. The minimum atomic E-state index is 0.215. The van der Waals surface area contributed by atoms with E-state index in [4.69, 9.17) is 4.42 Å². The summed E-state index contributed by atoms with van der Waals surface area (Å²) in [6.07, 6.45) is 0. The second kappa shape index (κ2) is 2.89. The van der Waals surface area contributed by atoms with Gasteiger partial charge in [0.25, 0.3) is 0 Å². The van der Waals surface area contributed by atoms with Gasteiger partial charge in [-0.25, -0.2) is 4.42 Å². The van der Waals surface area contributed by atoms with Crippen molar-refractivity contribution in [1.29, 1.82) is 0 Å². The zero-order valence-electron chi connectivity index (χ0n) is 8.56. The summed E-state index contributed by atoms with van der Waals surface area (Å²) in [6, 6.07) is 4.21. The largest absolute Gasteiger partial charge is 0.326 e. The van der Waals surface area contributed by atoms with Crippen LogP contribution in [0.5, 0.6) is 0 Å². The molecule has 0 saturated carbocycles. The Morgan fingerprint density at radius 1 is 1.00 bits per heavy atom. The molecular formula is C11H17O+. The molecule has 0 saturated heterocycles. The van der Waals surface area contributed by atoms with Crippen LogP contribution in [0.4, 0.5) is 0 Å². The van der Waals surface area contributed by atoms with Gasteiger partial charge in [0.15, 0.2) is 0 Å². The lowest BCUT2D eigenvalue weighted by Gasteiger charge is -2.17. The molecule has 0 aromatic carbocycles. The molecule has 1 rings (SSSR count). The summed E-state index contributed by atoms with van der Waals surface area (Å²) >= 11 is 0. The van der Waals surface area contributed by atoms with Gasteiger partial charge < -0.3 is 0 Å². The fourth-order valence-corrected chi connectivity index (χ4v) is 1.23. The standard InChI is InChI=1S/C11H17O/c1-8-6-10(11(3,4)5)7-9(2)12-8/h6-7H,1-5H3/q+1. The first-order valence-corrected chi connectivity index (χ1v) is 4.31. The van der Waals surface area contributed by atoms with E-state index in [2.05, 4.69) is 32.9 Å². The molecule has 0 atom stereocenters. The molecule has 66 valence electrons. The fraction of sp³-hybridized carbons (Fsp3) is 0.545. The van der Waals surface area contributed by atoms with Crippen molar-refractivity contribution < 1.29 is 4.42 Å². The first kappa shape index (κ1) is 9.24. The minimum absolute atomic E-state index is 0.215. The second-order valence-electron chi connectivity index (χ2n) is 4.32. The highest BCUT2D eigenvalue weighted by Gasteiger charge is 2.18. The third-order valence-electron chi connectivity index (χ3n) is 1.91. The van der Waals surface area contributed by atoms with E-state index in [9.17, 15) is 0 Å². The maximum Gasteiger partial charge on any atom is 0.326 e. The van der Waals surface area contributed by atoms with Crippen molar-refractivity contribution in [2.45, 2.75) is 40.0 Å². The predicted octanol–water partition coefficient (Wildman–Crippen LogP) is 3.48. The number of hydrogen-bond donors (Lipinski definition) is 0. The molecule has 0 aliphatic heterocycles. The average Bonchev–Trinajstić information content (AvgIpc) is 1.82. The molecule has 0 N–H and O–H groups in total. The van der Waals surface area contributed by atoms with Crippen LogP contribution in [0.2, 0.25) is 0 Å². The summed E-state index contributed by atoms with van der Waals surface area (Å²) in [5, 5.41) is 0. The second-order valence-corrected chi connectivity index (χ2v) is 4.32. The number of aryl methyl sites for hydroxylation is 2. The summed E-state index contributed by atoms with van der Waals surface area (Å²) in [6.45, 7) is 10.6. The van der Waals surface area contributed by atoms with E-state index in [0.29, 0.717) is 0 Å². The van der Waals surface area contributed by atoms with Gasteiger partial charge >= 0.3 is 11.5 Å². The average molecular weight is 165 g/mol. The lowest BCUT2D eigenvalue weighted by molar-refractivity contribution is 0.473. The van der Waals surface area contributed by atoms with Gasteiger partial charge in [0, 0.05) is 12.1 Å². The van der Waals surface area contributed by atoms with Crippen molar-refractivity contribution in [3.05, 3.63) is 29.2 Å². The highest BCUT2D eigenvalue weighted by atomic mass is 16.3. The van der Waals surface area contributed by atoms with Gasteiger partial charge in [0.2, 0.25) is 0 Å². The van der Waals surface area contributed by atoms with Gasteiger partial charge in [-0.1, -0.05) is 20.8 Å². The Bertz CT molecular complexity index is 261. The lowest BCUT2D eigenvalue weighted by Crippen LogP contribution is -2.11. The Kier molecular flexibility index (Phi) is 2.22. The smallest absolute Gasteiger partial charge is 0.218 e. The van der Waals surface area contributed by atoms with E-state index >= 15 is 0 Å². The molecule has 1 aromatic rings. The molecule has 0 radical (unpaired) electrons. The molecule has 0 unspecified atom stereocenters. The molecule has 1 aromatic heterocycles. The minimum Gasteiger partial charge on any atom is -0.218 e.